The predicted molar refractivity (Wildman–Crippen MR) is 64.4 cm³/mol. The lowest BCUT2D eigenvalue weighted by atomic mass is 10.3. The summed E-state index contributed by atoms with van der Waals surface area (Å²) < 4.78 is 65.8. The molecule has 0 unspecified atom stereocenters. The van der Waals surface area contributed by atoms with Gasteiger partial charge in [0.05, 0.1) is 19.2 Å². The van der Waals surface area contributed by atoms with Crippen molar-refractivity contribution in [3.05, 3.63) is 11.1 Å². The van der Waals surface area contributed by atoms with E-state index < -0.39 is 28.9 Å². The van der Waals surface area contributed by atoms with Crippen molar-refractivity contribution in [1.29, 1.82) is 0 Å². The molecule has 1 aromatic rings. The number of methoxy groups -OCH3 is 1. The average Bonchev–Trinajstić information content (AvgIpc) is 2.72. The highest BCUT2D eigenvalue weighted by atomic mass is 32.2. The van der Waals surface area contributed by atoms with Gasteiger partial charge in [0.15, 0.2) is 5.13 Å². The van der Waals surface area contributed by atoms with Gasteiger partial charge in [-0.1, -0.05) is 0 Å². The molecule has 0 aliphatic heterocycles. The summed E-state index contributed by atoms with van der Waals surface area (Å²) in [4.78, 5) is 14.7. The van der Waals surface area contributed by atoms with Crippen molar-refractivity contribution in [2.24, 2.45) is 0 Å². The van der Waals surface area contributed by atoms with Crippen molar-refractivity contribution < 1.29 is 31.1 Å². The molecule has 2 N–H and O–H groups in total. The van der Waals surface area contributed by atoms with Crippen molar-refractivity contribution in [2.45, 2.75) is 12.6 Å². The molecule has 0 spiro atoms. The van der Waals surface area contributed by atoms with Crippen LogP contribution in [0.2, 0.25) is 0 Å². The standard InChI is InChI=1S/C8H10F3N3O4S2/c1-18-6(15)2-5-3-19-7(13-5)14-20(16,17)12-4-8(9,10)11/h3,12H,2,4H2,1H3,(H,13,14). The van der Waals surface area contributed by atoms with E-state index in [-0.39, 0.29) is 17.2 Å². The van der Waals surface area contributed by atoms with Gasteiger partial charge in [-0.15, -0.1) is 11.3 Å². The smallest absolute Gasteiger partial charge is 0.402 e. The van der Waals surface area contributed by atoms with Crippen LogP contribution in [-0.2, 0) is 26.2 Å². The molecule has 0 fully saturated rings. The van der Waals surface area contributed by atoms with Crippen LogP contribution < -0.4 is 9.44 Å². The molecule has 0 atom stereocenters. The second-order valence-electron chi connectivity index (χ2n) is 3.44. The number of halogens is 3. The fraction of sp³-hybridized carbons (Fsp3) is 0.500. The molecule has 7 nitrogen and oxygen atoms in total. The van der Waals surface area contributed by atoms with Gasteiger partial charge in [0.25, 0.3) is 0 Å². The van der Waals surface area contributed by atoms with E-state index in [9.17, 15) is 26.4 Å². The van der Waals surface area contributed by atoms with Gasteiger partial charge in [0, 0.05) is 5.38 Å². The highest BCUT2D eigenvalue weighted by molar-refractivity contribution is 7.91. The van der Waals surface area contributed by atoms with Gasteiger partial charge in [0.2, 0.25) is 0 Å². The molecule has 0 aromatic carbocycles. The third kappa shape index (κ3) is 6.16. The molecular formula is C8H10F3N3O4S2. The Bertz CT molecular complexity index is 570. The monoisotopic (exact) mass is 333 g/mol. The Balaban J connectivity index is 2.62. The Morgan fingerprint density at radius 3 is 2.70 bits per heavy atom. The van der Waals surface area contributed by atoms with Crippen LogP contribution in [0.1, 0.15) is 5.69 Å². The number of hydrogen-bond acceptors (Lipinski definition) is 6. The molecule has 1 rings (SSSR count). The Labute approximate surface area is 116 Å². The summed E-state index contributed by atoms with van der Waals surface area (Å²) in [7, 11) is -3.20. The van der Waals surface area contributed by atoms with Gasteiger partial charge < -0.3 is 4.74 Å². The van der Waals surface area contributed by atoms with Gasteiger partial charge in [-0.2, -0.15) is 26.3 Å². The van der Waals surface area contributed by atoms with Crippen molar-refractivity contribution in [3.63, 3.8) is 0 Å². The largest absolute Gasteiger partial charge is 0.469 e. The molecule has 12 heteroatoms. The van der Waals surface area contributed by atoms with E-state index in [2.05, 4.69) is 9.72 Å². The number of thiazole rings is 1. The van der Waals surface area contributed by atoms with Crippen molar-refractivity contribution in [2.75, 3.05) is 18.4 Å². The third-order valence-corrected chi connectivity index (χ3v) is 3.71. The van der Waals surface area contributed by atoms with Gasteiger partial charge in [-0.25, -0.2) is 9.71 Å². The number of anilines is 1. The first-order valence-corrected chi connectivity index (χ1v) is 7.33. The third-order valence-electron chi connectivity index (χ3n) is 1.79. The molecule has 0 aliphatic rings. The van der Waals surface area contributed by atoms with E-state index in [0.29, 0.717) is 0 Å². The maximum atomic E-state index is 11.9. The predicted octanol–water partition coefficient (Wildman–Crippen LogP) is 0.667. The summed E-state index contributed by atoms with van der Waals surface area (Å²) in [6, 6.07) is 0. The zero-order valence-corrected chi connectivity index (χ0v) is 11.7. The molecule has 1 heterocycles. The second kappa shape index (κ2) is 6.37. The van der Waals surface area contributed by atoms with Crippen LogP contribution in [0.15, 0.2) is 5.38 Å². The number of hydrogen-bond donors (Lipinski definition) is 2. The summed E-state index contributed by atoms with van der Waals surface area (Å²) in [6.07, 6.45) is -4.82. The van der Waals surface area contributed by atoms with E-state index in [1.165, 1.54) is 17.2 Å². The molecule has 1 aromatic heterocycles. The molecule has 0 radical (unpaired) electrons. The maximum Gasteiger partial charge on any atom is 0.402 e. The van der Waals surface area contributed by atoms with Crippen molar-refractivity contribution in [3.8, 4) is 0 Å². The first-order chi connectivity index (χ1) is 9.11. The number of nitrogens with one attached hydrogen (secondary N) is 2. The number of rotatable bonds is 6. The lowest BCUT2D eigenvalue weighted by molar-refractivity contribution is -0.139. The van der Waals surface area contributed by atoms with Gasteiger partial charge in [0.1, 0.15) is 6.54 Å². The minimum absolute atomic E-state index is 0.154. The summed E-state index contributed by atoms with van der Waals surface area (Å²) in [5, 5.41) is 1.23. The number of ether oxygens (including phenoxy) is 1. The highest BCUT2D eigenvalue weighted by Gasteiger charge is 2.29. The molecule has 20 heavy (non-hydrogen) atoms. The number of carbonyl (C=O) groups excluding carboxylic acids is 1. The minimum atomic E-state index is -4.66. The molecular weight excluding hydrogens is 323 g/mol. The van der Waals surface area contributed by atoms with E-state index in [4.69, 9.17) is 0 Å². The number of esters is 1. The first kappa shape index (κ1) is 16.7. The van der Waals surface area contributed by atoms with Crippen molar-refractivity contribution in [1.82, 2.24) is 9.71 Å². The van der Waals surface area contributed by atoms with Gasteiger partial charge in [-0.05, 0) is 0 Å². The minimum Gasteiger partial charge on any atom is -0.469 e. The Morgan fingerprint density at radius 2 is 2.15 bits per heavy atom. The zero-order chi connectivity index (χ0) is 15.4. The van der Waals surface area contributed by atoms with Crippen LogP contribution in [0, 0.1) is 0 Å². The molecule has 0 aliphatic carbocycles. The fourth-order valence-corrected chi connectivity index (χ4v) is 2.76. The van der Waals surface area contributed by atoms with Crippen LogP contribution in [0.25, 0.3) is 0 Å². The maximum absolute atomic E-state index is 11.9. The molecule has 114 valence electrons. The molecule has 0 saturated heterocycles. The number of aromatic nitrogens is 1. The summed E-state index contributed by atoms with van der Waals surface area (Å²) in [5.74, 6) is -0.570. The number of alkyl halides is 3. The normalized spacial score (nSPS) is 12.2. The topological polar surface area (TPSA) is 97.4 Å². The number of nitrogens with zero attached hydrogens (tertiary/aromatic N) is 1. The Hall–Kier alpha value is -1.40. The van der Waals surface area contributed by atoms with E-state index >= 15 is 0 Å². The van der Waals surface area contributed by atoms with Gasteiger partial charge in [-0.3, -0.25) is 4.79 Å². The first-order valence-electron chi connectivity index (χ1n) is 4.96. The van der Waals surface area contributed by atoms with Crippen LogP contribution in [-0.4, -0.2) is 39.2 Å². The van der Waals surface area contributed by atoms with Crippen LogP contribution in [0.3, 0.4) is 0 Å². The van der Waals surface area contributed by atoms with Crippen LogP contribution >= 0.6 is 11.3 Å². The van der Waals surface area contributed by atoms with E-state index in [0.717, 1.165) is 11.3 Å². The van der Waals surface area contributed by atoms with Crippen LogP contribution in [0.4, 0.5) is 18.3 Å². The quantitative estimate of drug-likeness (QED) is 0.746. The fourth-order valence-electron chi connectivity index (χ4n) is 0.983. The van der Waals surface area contributed by atoms with E-state index in [1.807, 2.05) is 4.72 Å². The molecule has 0 amide bonds. The molecule has 0 bridgehead atoms. The average molecular weight is 333 g/mol. The van der Waals surface area contributed by atoms with E-state index in [1.54, 1.807) is 0 Å². The van der Waals surface area contributed by atoms with Gasteiger partial charge >= 0.3 is 22.4 Å². The number of carbonyl (C=O) groups is 1. The zero-order valence-electron chi connectivity index (χ0n) is 10.0. The molecule has 0 saturated carbocycles. The lowest BCUT2D eigenvalue weighted by Gasteiger charge is -2.09. The van der Waals surface area contributed by atoms with Crippen molar-refractivity contribution >= 4 is 32.6 Å². The SMILES string of the molecule is COC(=O)Cc1csc(NS(=O)(=O)NCC(F)(F)F)n1. The Kier molecular flexibility index (Phi) is 5.30. The highest BCUT2D eigenvalue weighted by Crippen LogP contribution is 2.18. The lowest BCUT2D eigenvalue weighted by Crippen LogP contribution is -2.37. The summed E-state index contributed by atoms with van der Waals surface area (Å²) in [5.41, 5.74) is 0.246. The second-order valence-corrected chi connectivity index (χ2v) is 5.80. The summed E-state index contributed by atoms with van der Waals surface area (Å²) in [6.45, 7) is -1.69. The van der Waals surface area contributed by atoms with Crippen LogP contribution in [0.5, 0.6) is 0 Å². The Morgan fingerprint density at radius 1 is 1.50 bits per heavy atom. The summed E-state index contributed by atoms with van der Waals surface area (Å²) >= 11 is 0.832.